The molecule has 8 atom stereocenters. The Morgan fingerprint density at radius 3 is 2.57 bits per heavy atom. The van der Waals surface area contributed by atoms with Crippen LogP contribution in [0.1, 0.15) is 31.7 Å². The van der Waals surface area contributed by atoms with Crippen LogP contribution >= 0.6 is 0 Å². The largest absolute Gasteiger partial charge is 0.364 e. The van der Waals surface area contributed by atoms with Crippen LogP contribution in [0.15, 0.2) is 77.2 Å². The van der Waals surface area contributed by atoms with Crippen LogP contribution in [0.25, 0.3) is 0 Å². The summed E-state index contributed by atoms with van der Waals surface area (Å²) in [5.74, 6) is -5.28. The molecule has 5 aliphatic heterocycles. The molecule has 8 rings (SSSR count). The standard InChI is InChI=1S/C35H41N5O11S2/c1-33(32(43)40-25(16-20-10-6-5-7-11-20)30(41)39-15-9-14-26(39)35(40,44)50-33)37-31(42)34(51-53(4,47)48)19-38(2)24-17-21-18-36-23-13-8-12-22(27(21)23)28(24)29(34)49-52(3,45)46/h5-8,10-13,18,24-27,29,36,44H,9,14-17,19H2,1-4H3,(H,37,42)/t24-,25?,26+,27?,29?,33?,34-,35?/m1/s1. The highest BCUT2D eigenvalue weighted by molar-refractivity contribution is 7.86. The third-order valence-electron chi connectivity index (χ3n) is 11.3. The number of piperazine rings is 1. The predicted octanol–water partition coefficient (Wildman–Crippen LogP) is -0.429. The molecule has 0 spiro atoms. The van der Waals surface area contributed by atoms with Crippen LogP contribution in [0.2, 0.25) is 0 Å². The van der Waals surface area contributed by atoms with Gasteiger partial charge in [0, 0.05) is 43.4 Å². The lowest BCUT2D eigenvalue weighted by Crippen LogP contribution is -2.72. The zero-order chi connectivity index (χ0) is 37.9. The lowest BCUT2D eigenvalue weighted by atomic mass is 9.68. The number of benzene rings is 1. The third kappa shape index (κ3) is 5.68. The van der Waals surface area contributed by atoms with Crippen LogP contribution in [0.5, 0.6) is 0 Å². The first-order valence-electron chi connectivity index (χ1n) is 17.4. The SMILES string of the molecule is CN1C[C@](OS(C)(=O)=O)(C(=O)NC2(C)OC3(O)[C@@H]4CCCN4C(=O)C(Cc4ccccc4)N3C2=O)C(OS(C)(=O)=O)C2=C3C=CC=C4NC=C(C[C@H]21)C43. The van der Waals surface area contributed by atoms with Crippen LogP contribution in [-0.2, 0) is 54.1 Å². The first-order valence-corrected chi connectivity index (χ1v) is 21.0. The fraction of sp³-hybridized carbons (Fsp3) is 0.514. The lowest BCUT2D eigenvalue weighted by molar-refractivity contribution is -0.315. The van der Waals surface area contributed by atoms with Crippen molar-refractivity contribution in [2.75, 3.05) is 32.6 Å². The summed E-state index contributed by atoms with van der Waals surface area (Å²) in [6, 6.07) is 6.26. The molecule has 1 aromatic rings. The van der Waals surface area contributed by atoms with Gasteiger partial charge in [0.05, 0.1) is 12.5 Å². The van der Waals surface area contributed by atoms with Gasteiger partial charge in [-0.3, -0.25) is 33.1 Å². The van der Waals surface area contributed by atoms with E-state index in [1.807, 2.05) is 12.3 Å². The van der Waals surface area contributed by atoms with Gasteiger partial charge in [-0.15, -0.1) is 0 Å². The van der Waals surface area contributed by atoms with Gasteiger partial charge in [0.2, 0.25) is 17.2 Å². The molecule has 284 valence electrons. The van der Waals surface area contributed by atoms with Crippen molar-refractivity contribution < 1.29 is 49.4 Å². The molecule has 7 aliphatic rings. The second-order valence-corrected chi connectivity index (χ2v) is 18.2. The van der Waals surface area contributed by atoms with E-state index in [-0.39, 0.29) is 18.2 Å². The van der Waals surface area contributed by atoms with Crippen LogP contribution < -0.4 is 10.6 Å². The van der Waals surface area contributed by atoms with Gasteiger partial charge < -0.3 is 20.6 Å². The molecule has 2 aliphatic carbocycles. The number of allylic oxidation sites excluding steroid dienone is 4. The number of nitrogens with zero attached hydrogens (tertiary/aromatic N) is 3. The lowest BCUT2D eigenvalue weighted by Gasteiger charge is -2.52. The van der Waals surface area contributed by atoms with Gasteiger partial charge in [0.1, 0.15) is 18.2 Å². The number of likely N-dealkylation sites (N-methyl/N-ethyl adjacent to an activating group) is 1. The van der Waals surface area contributed by atoms with E-state index in [9.17, 15) is 31.5 Å². The number of piperidine rings is 1. The Labute approximate surface area is 307 Å². The van der Waals surface area contributed by atoms with Gasteiger partial charge in [-0.1, -0.05) is 42.5 Å². The highest BCUT2D eigenvalue weighted by Gasteiger charge is 2.71. The minimum atomic E-state index is -4.55. The molecule has 18 heteroatoms. The topological polar surface area (TPSA) is 201 Å². The minimum absolute atomic E-state index is 0.0370. The summed E-state index contributed by atoms with van der Waals surface area (Å²) >= 11 is 0. The van der Waals surface area contributed by atoms with E-state index in [4.69, 9.17) is 13.1 Å². The van der Waals surface area contributed by atoms with E-state index in [1.54, 1.807) is 54.4 Å². The van der Waals surface area contributed by atoms with Gasteiger partial charge in [-0.25, -0.2) is 4.18 Å². The Morgan fingerprint density at radius 2 is 1.87 bits per heavy atom. The van der Waals surface area contributed by atoms with Gasteiger partial charge in [0.25, 0.3) is 38.0 Å². The van der Waals surface area contributed by atoms with Crippen molar-refractivity contribution in [3.8, 4) is 0 Å². The first-order chi connectivity index (χ1) is 24.9. The van der Waals surface area contributed by atoms with E-state index in [0.717, 1.165) is 28.7 Å². The number of nitrogens with one attached hydrogen (secondary N) is 2. The van der Waals surface area contributed by atoms with Gasteiger partial charge in [-0.05, 0) is 61.6 Å². The average Bonchev–Trinajstić information content (AvgIpc) is 3.78. The highest BCUT2D eigenvalue weighted by Crippen LogP contribution is 2.51. The predicted molar refractivity (Wildman–Crippen MR) is 186 cm³/mol. The monoisotopic (exact) mass is 771 g/mol. The average molecular weight is 772 g/mol. The summed E-state index contributed by atoms with van der Waals surface area (Å²) in [6.07, 6.45) is 8.26. The van der Waals surface area contributed by atoms with E-state index in [1.165, 1.54) is 11.8 Å². The second kappa shape index (κ2) is 12.0. The van der Waals surface area contributed by atoms with E-state index in [0.29, 0.717) is 42.5 Å². The first kappa shape index (κ1) is 36.1. The number of rotatable bonds is 8. The maximum atomic E-state index is 15.0. The van der Waals surface area contributed by atoms with E-state index in [2.05, 4.69) is 10.6 Å². The molecule has 0 radical (unpaired) electrons. The van der Waals surface area contributed by atoms with Crippen molar-refractivity contribution >= 4 is 38.0 Å². The zero-order valence-corrected chi connectivity index (χ0v) is 31.1. The molecule has 3 amide bonds. The van der Waals surface area contributed by atoms with Crippen LogP contribution in [0, 0.1) is 5.92 Å². The van der Waals surface area contributed by atoms with Crippen molar-refractivity contribution in [2.45, 2.75) is 74.1 Å². The van der Waals surface area contributed by atoms with Crippen molar-refractivity contribution in [1.82, 2.24) is 25.3 Å². The number of ether oxygens (including phenoxy) is 1. The number of fused-ring (bicyclic) bond motifs is 4. The molecular weight excluding hydrogens is 731 g/mol. The Morgan fingerprint density at radius 1 is 1.13 bits per heavy atom. The Bertz CT molecular complexity index is 2150. The number of amides is 3. The number of aliphatic hydroxyl groups is 1. The van der Waals surface area contributed by atoms with Crippen molar-refractivity contribution in [3.05, 3.63) is 82.7 Å². The number of carbonyl (C=O) groups excluding carboxylic acids is 3. The van der Waals surface area contributed by atoms with Gasteiger partial charge in [-0.2, -0.15) is 16.8 Å². The highest BCUT2D eigenvalue weighted by atomic mass is 32.2. The molecule has 4 saturated heterocycles. The minimum Gasteiger partial charge on any atom is -0.364 e. The maximum absolute atomic E-state index is 15.0. The summed E-state index contributed by atoms with van der Waals surface area (Å²) in [7, 11) is -7.30. The van der Waals surface area contributed by atoms with Crippen molar-refractivity contribution in [1.29, 1.82) is 0 Å². The van der Waals surface area contributed by atoms with Crippen molar-refractivity contribution in [2.24, 2.45) is 5.92 Å². The molecule has 5 unspecified atom stereocenters. The molecule has 3 N–H and O–H groups in total. The molecule has 0 saturated carbocycles. The number of hydrogen-bond donors (Lipinski definition) is 3. The second-order valence-electron chi connectivity index (χ2n) is 15.0. The summed E-state index contributed by atoms with van der Waals surface area (Å²) in [5.41, 5.74) is -1.54. The number of hydrogen-bond acceptors (Lipinski definition) is 13. The quantitative estimate of drug-likeness (QED) is 0.288. The molecule has 53 heavy (non-hydrogen) atoms. The van der Waals surface area contributed by atoms with Crippen LogP contribution in [0.3, 0.4) is 0 Å². The Hall–Kier alpha value is -3.91. The molecule has 1 aromatic carbocycles. The van der Waals surface area contributed by atoms with E-state index >= 15 is 4.79 Å². The van der Waals surface area contributed by atoms with Gasteiger partial charge >= 0.3 is 0 Å². The maximum Gasteiger partial charge on any atom is 0.280 e. The third-order valence-corrected chi connectivity index (χ3v) is 12.4. The summed E-state index contributed by atoms with van der Waals surface area (Å²) in [4.78, 5) is 47.7. The normalized spacial score (nSPS) is 36.4. The summed E-state index contributed by atoms with van der Waals surface area (Å²) in [5, 5.41) is 18.0. The fourth-order valence-electron chi connectivity index (χ4n) is 9.28. The summed E-state index contributed by atoms with van der Waals surface area (Å²) in [6.45, 7) is 1.04. The van der Waals surface area contributed by atoms with Crippen LogP contribution in [0.4, 0.5) is 0 Å². The molecule has 16 nitrogen and oxygen atoms in total. The Balaban J connectivity index is 1.23. The summed E-state index contributed by atoms with van der Waals surface area (Å²) < 4.78 is 69.9. The van der Waals surface area contributed by atoms with E-state index < -0.39 is 80.1 Å². The number of likely N-dealkylation sites (tertiary alicyclic amines) is 1. The molecule has 0 bridgehead atoms. The molecule has 5 heterocycles. The fourth-order valence-corrected chi connectivity index (χ4v) is 10.6. The van der Waals surface area contributed by atoms with Crippen molar-refractivity contribution in [3.63, 3.8) is 0 Å². The van der Waals surface area contributed by atoms with Crippen LogP contribution in [-0.4, -0.2) is 128 Å². The number of carbonyl (C=O) groups is 3. The molecular formula is C35H41N5O11S2. The van der Waals surface area contributed by atoms with Gasteiger partial charge in [0.15, 0.2) is 0 Å². The zero-order valence-electron chi connectivity index (χ0n) is 29.5. The molecule has 0 aromatic heterocycles. The Kier molecular flexibility index (Phi) is 8.20. The molecule has 4 fully saturated rings. The smallest absolute Gasteiger partial charge is 0.280 e.